The van der Waals surface area contributed by atoms with Crippen molar-refractivity contribution >= 4 is 6.09 Å². The van der Waals surface area contributed by atoms with Gasteiger partial charge in [-0.1, -0.05) is 34.1 Å². The molecule has 5 rings (SSSR count). The van der Waals surface area contributed by atoms with Crippen LogP contribution in [0.4, 0.5) is 4.79 Å². The van der Waals surface area contributed by atoms with E-state index in [1.54, 1.807) is 4.90 Å². The SMILES string of the molecule is CC[C@@H]1C2C[C@H](O)CCC2(C)[C@H]2CC[C@]3(C)[C@@H]([C@H](C)CCOC(=O)N4CCC[C@H]4CO)CC[C@H]3[C@@H]2[C@@H]1O. The Labute approximate surface area is 224 Å². The molecule has 0 bridgehead atoms. The molecule has 6 heteroatoms. The predicted molar refractivity (Wildman–Crippen MR) is 144 cm³/mol. The van der Waals surface area contributed by atoms with E-state index < -0.39 is 0 Å². The molecule has 0 aromatic rings. The fraction of sp³-hybridized carbons (Fsp3) is 0.968. The molecule has 0 radical (unpaired) electrons. The summed E-state index contributed by atoms with van der Waals surface area (Å²) in [4.78, 5) is 14.3. The normalized spacial score (nSPS) is 48.2. The van der Waals surface area contributed by atoms with E-state index in [1.807, 2.05) is 0 Å². The molecule has 0 spiro atoms. The van der Waals surface area contributed by atoms with Gasteiger partial charge in [0.15, 0.2) is 0 Å². The molecular formula is C31H53NO5. The smallest absolute Gasteiger partial charge is 0.410 e. The molecule has 2 unspecified atom stereocenters. The molecule has 212 valence electrons. The Bertz CT molecular complexity index is 821. The van der Waals surface area contributed by atoms with Crippen LogP contribution in [-0.2, 0) is 4.74 Å². The number of nitrogens with zero attached hydrogens (tertiary/aromatic N) is 1. The Morgan fingerprint density at radius 2 is 1.76 bits per heavy atom. The fourth-order valence-electron chi connectivity index (χ4n) is 10.8. The van der Waals surface area contributed by atoms with Gasteiger partial charge in [0.25, 0.3) is 0 Å². The lowest BCUT2D eigenvalue weighted by molar-refractivity contribution is -0.203. The summed E-state index contributed by atoms with van der Waals surface area (Å²) in [5.41, 5.74) is 0.475. The van der Waals surface area contributed by atoms with E-state index in [-0.39, 0.29) is 41.8 Å². The summed E-state index contributed by atoms with van der Waals surface area (Å²) in [6.45, 7) is 10.7. The quantitative estimate of drug-likeness (QED) is 0.447. The van der Waals surface area contributed by atoms with Crippen molar-refractivity contribution in [2.45, 2.75) is 117 Å². The van der Waals surface area contributed by atoms with E-state index in [0.717, 1.165) is 44.9 Å². The lowest BCUT2D eigenvalue weighted by Crippen LogP contribution is -2.62. The van der Waals surface area contributed by atoms with Crippen molar-refractivity contribution in [2.24, 2.45) is 52.3 Å². The maximum Gasteiger partial charge on any atom is 0.410 e. The second kappa shape index (κ2) is 10.6. The van der Waals surface area contributed by atoms with Crippen LogP contribution in [0.15, 0.2) is 0 Å². The largest absolute Gasteiger partial charge is 0.449 e. The second-order valence-electron chi connectivity index (χ2n) is 14.2. The molecule has 1 amide bonds. The summed E-state index contributed by atoms with van der Waals surface area (Å²) >= 11 is 0. The molecule has 4 saturated carbocycles. The van der Waals surface area contributed by atoms with Crippen molar-refractivity contribution in [3.63, 3.8) is 0 Å². The Balaban J connectivity index is 1.25. The summed E-state index contributed by atoms with van der Waals surface area (Å²) < 4.78 is 5.69. The van der Waals surface area contributed by atoms with Gasteiger partial charge >= 0.3 is 6.09 Å². The number of carbonyl (C=O) groups is 1. The summed E-state index contributed by atoms with van der Waals surface area (Å²) in [6.07, 6.45) is 10.7. The first-order chi connectivity index (χ1) is 17.7. The van der Waals surface area contributed by atoms with Crippen molar-refractivity contribution in [1.29, 1.82) is 0 Å². The van der Waals surface area contributed by atoms with E-state index >= 15 is 0 Å². The van der Waals surface area contributed by atoms with Gasteiger partial charge in [-0.2, -0.15) is 0 Å². The van der Waals surface area contributed by atoms with Gasteiger partial charge in [0, 0.05) is 6.54 Å². The van der Waals surface area contributed by atoms with Crippen LogP contribution in [0.25, 0.3) is 0 Å². The van der Waals surface area contributed by atoms with Gasteiger partial charge in [0.2, 0.25) is 0 Å². The maximum absolute atomic E-state index is 12.6. The monoisotopic (exact) mass is 519 g/mol. The number of ether oxygens (including phenoxy) is 1. The lowest BCUT2D eigenvalue weighted by atomic mass is 9.41. The topological polar surface area (TPSA) is 90.2 Å². The molecule has 1 aliphatic heterocycles. The van der Waals surface area contributed by atoms with Crippen LogP contribution in [0, 0.1) is 52.3 Å². The molecule has 5 aliphatic rings. The van der Waals surface area contributed by atoms with Crippen molar-refractivity contribution < 1.29 is 24.9 Å². The van der Waals surface area contributed by atoms with Gasteiger partial charge in [0.1, 0.15) is 0 Å². The Kier molecular flexibility index (Phi) is 7.95. The number of hydrogen-bond donors (Lipinski definition) is 3. The molecule has 1 heterocycles. The predicted octanol–water partition coefficient (Wildman–Crippen LogP) is 5.23. The first kappa shape index (κ1) is 27.7. The zero-order chi connectivity index (χ0) is 26.5. The standard InChI is InChI=1S/C31H53NO5/c1-5-22-26-17-21(34)10-13-31(26,4)25-11-14-30(3)23(8-9-24(30)27(25)28(22)35)19(2)12-16-37-29(36)32-15-6-7-20(32)18-33/h19-28,33-35H,5-18H2,1-4H3/t19-,20+,21-,22-,23-,24+,25+,26?,27+,28-,30-,31?/m1/s1. The Morgan fingerprint density at radius 3 is 2.49 bits per heavy atom. The van der Waals surface area contributed by atoms with Crippen molar-refractivity contribution in [2.75, 3.05) is 19.8 Å². The molecule has 3 N–H and O–H groups in total. The lowest BCUT2D eigenvalue weighted by Gasteiger charge is -2.64. The molecular weight excluding hydrogens is 466 g/mol. The number of rotatable bonds is 6. The number of amides is 1. The van der Waals surface area contributed by atoms with Crippen LogP contribution < -0.4 is 0 Å². The summed E-state index contributed by atoms with van der Waals surface area (Å²) in [7, 11) is 0. The third kappa shape index (κ3) is 4.55. The molecule has 37 heavy (non-hydrogen) atoms. The molecule has 0 aromatic carbocycles. The van der Waals surface area contributed by atoms with E-state index in [1.165, 1.54) is 25.7 Å². The highest BCUT2D eigenvalue weighted by atomic mass is 16.6. The van der Waals surface area contributed by atoms with E-state index in [4.69, 9.17) is 4.74 Å². The number of hydrogen-bond acceptors (Lipinski definition) is 5. The van der Waals surface area contributed by atoms with Crippen molar-refractivity contribution in [1.82, 2.24) is 4.90 Å². The highest BCUT2D eigenvalue weighted by molar-refractivity contribution is 5.68. The summed E-state index contributed by atoms with van der Waals surface area (Å²) in [5, 5.41) is 31.9. The number of fused-ring (bicyclic) bond motifs is 5. The van der Waals surface area contributed by atoms with E-state index in [0.29, 0.717) is 54.6 Å². The van der Waals surface area contributed by atoms with Gasteiger partial charge < -0.3 is 25.0 Å². The fourth-order valence-corrected chi connectivity index (χ4v) is 10.8. The highest BCUT2D eigenvalue weighted by Crippen LogP contribution is 2.69. The minimum Gasteiger partial charge on any atom is -0.449 e. The van der Waals surface area contributed by atoms with Gasteiger partial charge in [-0.05, 0) is 116 Å². The van der Waals surface area contributed by atoms with Gasteiger partial charge in [-0.3, -0.25) is 0 Å². The molecule has 0 aromatic heterocycles. The molecule has 12 atom stereocenters. The van der Waals surface area contributed by atoms with Gasteiger partial charge in [-0.25, -0.2) is 4.79 Å². The van der Waals surface area contributed by atoms with Gasteiger partial charge in [-0.15, -0.1) is 0 Å². The number of aliphatic hydroxyl groups excluding tert-OH is 3. The van der Waals surface area contributed by atoms with Crippen molar-refractivity contribution in [3.05, 3.63) is 0 Å². The van der Waals surface area contributed by atoms with Crippen LogP contribution in [0.5, 0.6) is 0 Å². The van der Waals surface area contributed by atoms with Crippen molar-refractivity contribution in [3.8, 4) is 0 Å². The second-order valence-corrected chi connectivity index (χ2v) is 14.2. The van der Waals surface area contributed by atoms with Crippen LogP contribution in [0.1, 0.15) is 98.3 Å². The van der Waals surface area contributed by atoms with Gasteiger partial charge in [0.05, 0.1) is 31.5 Å². The minimum atomic E-state index is -0.267. The first-order valence-electron chi connectivity index (χ1n) is 15.6. The van der Waals surface area contributed by atoms with Crippen LogP contribution in [0.3, 0.4) is 0 Å². The average Bonchev–Trinajstić information content (AvgIpc) is 3.49. The highest BCUT2D eigenvalue weighted by Gasteiger charge is 2.64. The Hall–Kier alpha value is -0.850. The zero-order valence-electron chi connectivity index (χ0n) is 23.8. The minimum absolute atomic E-state index is 0.0145. The zero-order valence-corrected chi connectivity index (χ0v) is 23.8. The average molecular weight is 520 g/mol. The van der Waals surface area contributed by atoms with Crippen LogP contribution in [0.2, 0.25) is 0 Å². The molecule has 1 saturated heterocycles. The van der Waals surface area contributed by atoms with E-state index in [2.05, 4.69) is 27.7 Å². The maximum atomic E-state index is 12.6. The van der Waals surface area contributed by atoms with E-state index in [9.17, 15) is 20.1 Å². The number of aliphatic hydroxyl groups is 3. The molecule has 6 nitrogen and oxygen atoms in total. The molecule has 5 fully saturated rings. The third-order valence-electron chi connectivity index (χ3n) is 12.8. The third-order valence-corrected chi connectivity index (χ3v) is 12.8. The van der Waals surface area contributed by atoms with Crippen LogP contribution in [-0.4, -0.2) is 64.3 Å². The Morgan fingerprint density at radius 1 is 1.03 bits per heavy atom. The summed E-state index contributed by atoms with van der Waals surface area (Å²) in [5.74, 6) is 3.31. The number of carbonyl (C=O) groups excluding carboxylic acids is 1. The molecule has 4 aliphatic carbocycles. The first-order valence-corrected chi connectivity index (χ1v) is 15.6. The number of likely N-dealkylation sites (tertiary alicyclic amines) is 1. The summed E-state index contributed by atoms with van der Waals surface area (Å²) in [6, 6.07) is -0.0858. The van der Waals surface area contributed by atoms with Crippen LogP contribution >= 0.6 is 0 Å².